The lowest BCUT2D eigenvalue weighted by molar-refractivity contribution is 0.320. The summed E-state index contributed by atoms with van der Waals surface area (Å²) in [6, 6.07) is 7.92. The molecule has 0 aliphatic heterocycles. The zero-order valence-corrected chi connectivity index (χ0v) is 14.8. The molecule has 8 nitrogen and oxygen atoms in total. The summed E-state index contributed by atoms with van der Waals surface area (Å²) in [6.45, 7) is 2.14. The third kappa shape index (κ3) is 5.55. The largest absolute Gasteiger partial charge is 0.497 e. The van der Waals surface area contributed by atoms with E-state index in [0.717, 1.165) is 18.8 Å². The molecule has 1 aromatic carbocycles. The van der Waals surface area contributed by atoms with Crippen molar-refractivity contribution in [3.63, 3.8) is 0 Å². The summed E-state index contributed by atoms with van der Waals surface area (Å²) in [7, 11) is 3.65. The molecule has 10 heteroatoms. The molecule has 0 bridgehead atoms. The Hall–Kier alpha value is -2.03. The van der Waals surface area contributed by atoms with Crippen LogP contribution in [-0.4, -0.2) is 52.9 Å². The van der Waals surface area contributed by atoms with Gasteiger partial charge in [-0.2, -0.15) is 0 Å². The highest BCUT2D eigenvalue weighted by Crippen LogP contribution is 2.15. The van der Waals surface area contributed by atoms with Gasteiger partial charge in [-0.05, 0) is 24.7 Å². The number of likely N-dealkylation sites (N-methyl/N-ethyl adjacent to an activating group) is 1. The number of nitrogens with zero attached hydrogens (tertiary/aromatic N) is 4. The lowest BCUT2D eigenvalue weighted by atomic mass is 10.2. The molecule has 0 unspecified atom stereocenters. The summed E-state index contributed by atoms with van der Waals surface area (Å²) >= 11 is 5.69. The Labute approximate surface area is 150 Å². The second kappa shape index (κ2) is 9.96. The van der Waals surface area contributed by atoms with Gasteiger partial charge in [0.1, 0.15) is 5.75 Å². The van der Waals surface area contributed by atoms with Gasteiger partial charge in [0.15, 0.2) is 5.69 Å². The van der Waals surface area contributed by atoms with Gasteiger partial charge in [0.25, 0.3) is 5.88 Å². The Kier molecular flexibility index (Phi) is 8.31. The molecule has 0 radical (unpaired) electrons. The number of nitrogens with one attached hydrogen (secondary N) is 1. The summed E-state index contributed by atoms with van der Waals surface area (Å²) in [4.78, 5) is 2.14. The third-order valence-electron chi connectivity index (χ3n) is 3.16. The van der Waals surface area contributed by atoms with Crippen molar-refractivity contribution in [2.24, 2.45) is 5.16 Å². The molecule has 24 heavy (non-hydrogen) atoms. The Balaban J connectivity index is 0.00000288. The standard InChI is InChI=1S/C14H18ClN5O3.ClH/c1-20(9-10-3-5-11(22-2)6-4-10)8-7-16-14-12(13(15)18-21)17-19-23-14;/h3-6,16,21H,7-9H2,1-2H3;1H. The van der Waals surface area contributed by atoms with Gasteiger partial charge in [-0.15, -0.1) is 17.5 Å². The van der Waals surface area contributed by atoms with Crippen molar-refractivity contribution >= 4 is 35.1 Å². The minimum atomic E-state index is -0.180. The van der Waals surface area contributed by atoms with Gasteiger partial charge in [0.05, 0.1) is 7.11 Å². The number of rotatable bonds is 8. The molecule has 0 atom stereocenters. The van der Waals surface area contributed by atoms with Crippen LogP contribution >= 0.6 is 24.0 Å². The maximum absolute atomic E-state index is 8.65. The van der Waals surface area contributed by atoms with Gasteiger partial charge < -0.3 is 24.7 Å². The maximum atomic E-state index is 8.65. The van der Waals surface area contributed by atoms with Crippen molar-refractivity contribution in [3.8, 4) is 5.75 Å². The van der Waals surface area contributed by atoms with Gasteiger partial charge >= 0.3 is 0 Å². The first kappa shape index (κ1) is 20.0. The molecule has 1 heterocycles. The summed E-state index contributed by atoms with van der Waals surface area (Å²) in [5.74, 6) is 1.11. The normalized spacial score (nSPS) is 11.2. The fourth-order valence-corrected chi connectivity index (χ4v) is 2.09. The van der Waals surface area contributed by atoms with E-state index in [1.165, 1.54) is 5.56 Å². The summed E-state index contributed by atoms with van der Waals surface area (Å²) in [6.07, 6.45) is 0. The molecular formula is C14H19Cl2N5O3. The number of hydrogen-bond acceptors (Lipinski definition) is 8. The van der Waals surface area contributed by atoms with E-state index in [4.69, 9.17) is 26.1 Å². The van der Waals surface area contributed by atoms with E-state index in [1.54, 1.807) is 7.11 Å². The molecule has 2 aromatic rings. The van der Waals surface area contributed by atoms with Gasteiger partial charge in [0, 0.05) is 24.9 Å². The number of anilines is 1. The van der Waals surface area contributed by atoms with Crippen LogP contribution in [0.2, 0.25) is 0 Å². The summed E-state index contributed by atoms with van der Waals surface area (Å²) in [5.41, 5.74) is 1.36. The zero-order valence-electron chi connectivity index (χ0n) is 13.3. The van der Waals surface area contributed by atoms with Crippen molar-refractivity contribution < 1.29 is 14.5 Å². The first-order chi connectivity index (χ1) is 11.1. The van der Waals surface area contributed by atoms with Crippen molar-refractivity contribution in [1.82, 2.24) is 15.3 Å². The Bertz CT molecular complexity index is 648. The Morgan fingerprint density at radius 2 is 2.12 bits per heavy atom. The van der Waals surface area contributed by atoms with Gasteiger partial charge in [-0.3, -0.25) is 0 Å². The first-order valence-corrected chi connectivity index (χ1v) is 7.27. The number of ether oxygens (including phenoxy) is 1. The lowest BCUT2D eigenvalue weighted by Crippen LogP contribution is -2.25. The molecule has 0 fully saturated rings. The van der Waals surface area contributed by atoms with Crippen LogP contribution in [0.1, 0.15) is 11.3 Å². The maximum Gasteiger partial charge on any atom is 0.256 e. The molecule has 0 spiro atoms. The number of hydrogen-bond donors (Lipinski definition) is 2. The minimum Gasteiger partial charge on any atom is -0.497 e. The van der Waals surface area contributed by atoms with E-state index >= 15 is 0 Å². The van der Waals surface area contributed by atoms with E-state index < -0.39 is 0 Å². The van der Waals surface area contributed by atoms with Crippen molar-refractivity contribution in [3.05, 3.63) is 35.5 Å². The van der Waals surface area contributed by atoms with Crippen LogP contribution in [0.15, 0.2) is 33.9 Å². The number of halogens is 2. The van der Waals surface area contributed by atoms with Gasteiger partial charge in [-0.25, -0.2) is 0 Å². The zero-order chi connectivity index (χ0) is 16.7. The highest BCUT2D eigenvalue weighted by molar-refractivity contribution is 6.69. The van der Waals surface area contributed by atoms with E-state index in [1.807, 2.05) is 31.3 Å². The topological polar surface area (TPSA) is 96.0 Å². The predicted molar refractivity (Wildman–Crippen MR) is 93.5 cm³/mol. The van der Waals surface area contributed by atoms with Gasteiger partial charge in [-0.1, -0.05) is 28.9 Å². The Morgan fingerprint density at radius 1 is 1.42 bits per heavy atom. The molecule has 0 amide bonds. The summed E-state index contributed by atoms with van der Waals surface area (Å²) < 4.78 is 10.1. The van der Waals surface area contributed by atoms with E-state index in [0.29, 0.717) is 6.54 Å². The molecule has 0 saturated carbocycles. The first-order valence-electron chi connectivity index (χ1n) is 6.89. The molecule has 1 aromatic heterocycles. The van der Waals surface area contributed by atoms with Crippen LogP contribution in [0, 0.1) is 0 Å². The lowest BCUT2D eigenvalue weighted by Gasteiger charge is -2.17. The van der Waals surface area contributed by atoms with Gasteiger partial charge in [0.2, 0.25) is 5.17 Å². The van der Waals surface area contributed by atoms with Crippen molar-refractivity contribution in [1.29, 1.82) is 0 Å². The fraction of sp³-hybridized carbons (Fsp3) is 0.357. The quantitative estimate of drug-likeness (QED) is 0.415. The number of aromatic nitrogens is 2. The molecule has 132 valence electrons. The van der Waals surface area contributed by atoms with Crippen LogP contribution in [0.3, 0.4) is 0 Å². The number of methoxy groups -OCH3 is 1. The second-order valence-electron chi connectivity index (χ2n) is 4.85. The van der Waals surface area contributed by atoms with Crippen molar-refractivity contribution in [2.75, 3.05) is 32.6 Å². The highest BCUT2D eigenvalue weighted by atomic mass is 35.5. The van der Waals surface area contributed by atoms with Crippen molar-refractivity contribution in [2.45, 2.75) is 6.54 Å². The molecule has 2 rings (SSSR count). The van der Waals surface area contributed by atoms with E-state index in [9.17, 15) is 0 Å². The second-order valence-corrected chi connectivity index (χ2v) is 5.21. The molecule has 0 aliphatic rings. The smallest absolute Gasteiger partial charge is 0.256 e. The van der Waals surface area contributed by atoms with Crippen LogP contribution in [0.4, 0.5) is 5.88 Å². The molecule has 0 saturated heterocycles. The average molecular weight is 376 g/mol. The Morgan fingerprint density at radius 3 is 2.75 bits per heavy atom. The van der Waals surface area contributed by atoms with E-state index in [-0.39, 0.29) is 29.2 Å². The van der Waals surface area contributed by atoms with Crippen LogP contribution in [-0.2, 0) is 6.54 Å². The predicted octanol–water partition coefficient (Wildman–Crippen LogP) is 2.42. The van der Waals surface area contributed by atoms with E-state index in [2.05, 4.69) is 25.7 Å². The monoisotopic (exact) mass is 375 g/mol. The minimum absolute atomic E-state index is 0. The fourth-order valence-electron chi connectivity index (χ4n) is 1.97. The molecular weight excluding hydrogens is 357 g/mol. The average Bonchev–Trinajstić information content (AvgIpc) is 3.03. The molecule has 2 N–H and O–H groups in total. The highest BCUT2D eigenvalue weighted by Gasteiger charge is 2.15. The number of oxime groups is 1. The SMILES string of the molecule is COc1ccc(CN(C)CCNc2onnc2C(Cl)=NO)cc1.Cl. The molecule has 0 aliphatic carbocycles. The number of benzene rings is 1. The van der Waals surface area contributed by atoms with Crippen LogP contribution in [0.25, 0.3) is 0 Å². The van der Waals surface area contributed by atoms with Crippen LogP contribution in [0.5, 0.6) is 5.75 Å². The summed E-state index contributed by atoms with van der Waals surface area (Å²) in [5, 5.41) is 21.4. The van der Waals surface area contributed by atoms with Crippen LogP contribution < -0.4 is 10.1 Å². The third-order valence-corrected chi connectivity index (χ3v) is 3.42.